The maximum atomic E-state index is 13.7. The monoisotopic (exact) mass is 408 g/mol. The number of hydrogen-bond acceptors (Lipinski definition) is 4. The predicted octanol–water partition coefficient (Wildman–Crippen LogP) is 3.03. The average Bonchev–Trinajstić information content (AvgIpc) is 2.40. The van der Waals surface area contributed by atoms with Gasteiger partial charge in [0.05, 0.1) is 8.49 Å². The molecule has 0 bridgehead atoms. The molecular weight excluding hydrogens is 394 g/mol. The fraction of sp³-hybridized carbons (Fsp3) is 0.462. The van der Waals surface area contributed by atoms with Gasteiger partial charge in [-0.1, -0.05) is 0 Å². The molecule has 21 heavy (non-hydrogen) atoms. The van der Waals surface area contributed by atoms with Gasteiger partial charge in [-0.3, -0.25) is 14.9 Å². The Morgan fingerprint density at radius 1 is 1.57 bits per heavy atom. The summed E-state index contributed by atoms with van der Waals surface area (Å²) < 4.78 is 13.9. The van der Waals surface area contributed by atoms with Gasteiger partial charge in [0.15, 0.2) is 0 Å². The zero-order valence-corrected chi connectivity index (χ0v) is 13.2. The van der Waals surface area contributed by atoms with Crippen LogP contribution in [0, 0.1) is 25.4 Å². The number of benzene rings is 1. The summed E-state index contributed by atoms with van der Waals surface area (Å²) in [5.74, 6) is -1.46. The van der Waals surface area contributed by atoms with Crippen LogP contribution >= 0.6 is 22.6 Å². The van der Waals surface area contributed by atoms with Gasteiger partial charge in [-0.2, -0.15) is 0 Å². The van der Waals surface area contributed by atoms with Crippen molar-refractivity contribution in [1.29, 1.82) is 0 Å². The van der Waals surface area contributed by atoms with Crippen LogP contribution in [0.1, 0.15) is 19.3 Å². The van der Waals surface area contributed by atoms with Crippen LogP contribution in [0.2, 0.25) is 0 Å². The van der Waals surface area contributed by atoms with E-state index in [1.807, 2.05) is 0 Å². The van der Waals surface area contributed by atoms with E-state index in [9.17, 15) is 19.3 Å². The second-order valence-corrected chi connectivity index (χ2v) is 6.23. The van der Waals surface area contributed by atoms with Crippen LogP contribution in [0.3, 0.4) is 0 Å². The van der Waals surface area contributed by atoms with Gasteiger partial charge in [0, 0.05) is 31.6 Å². The Balaban J connectivity index is 2.30. The van der Waals surface area contributed by atoms with Gasteiger partial charge in [-0.05, 0) is 41.4 Å². The van der Waals surface area contributed by atoms with Crippen LogP contribution in [0.25, 0.3) is 0 Å². The molecule has 1 unspecified atom stereocenters. The highest BCUT2D eigenvalue weighted by atomic mass is 127. The third kappa shape index (κ3) is 3.80. The van der Waals surface area contributed by atoms with E-state index in [2.05, 4.69) is 0 Å². The van der Waals surface area contributed by atoms with Gasteiger partial charge in [0.2, 0.25) is 0 Å². The number of anilines is 1. The minimum absolute atomic E-state index is 0.0249. The quantitative estimate of drug-likeness (QED) is 0.471. The van der Waals surface area contributed by atoms with E-state index in [1.54, 1.807) is 27.5 Å². The first kappa shape index (κ1) is 15.9. The van der Waals surface area contributed by atoms with Crippen molar-refractivity contribution in [2.75, 3.05) is 18.0 Å². The number of piperidine rings is 1. The van der Waals surface area contributed by atoms with Crippen LogP contribution in [0.5, 0.6) is 0 Å². The Labute approximate surface area is 134 Å². The van der Waals surface area contributed by atoms with Gasteiger partial charge in [-0.25, -0.2) is 4.39 Å². The molecule has 1 saturated heterocycles. The van der Waals surface area contributed by atoms with Crippen molar-refractivity contribution in [3.8, 4) is 0 Å². The van der Waals surface area contributed by atoms with Crippen molar-refractivity contribution in [2.24, 2.45) is 5.92 Å². The summed E-state index contributed by atoms with van der Waals surface area (Å²) in [6.07, 6.45) is 1.53. The molecule has 0 aromatic heterocycles. The number of rotatable bonds is 4. The summed E-state index contributed by atoms with van der Waals surface area (Å²) in [5, 5.41) is 20.0. The standard InChI is InChI=1S/C13H14FIN2O4/c14-9-5-11(12(17(20)21)6-10(9)15)16-3-1-2-8(7-16)4-13(18)19/h5-6,8H,1-4,7H2,(H,18,19). The van der Waals surface area contributed by atoms with E-state index in [0.29, 0.717) is 13.1 Å². The molecule has 1 aromatic rings. The van der Waals surface area contributed by atoms with E-state index < -0.39 is 16.7 Å². The topological polar surface area (TPSA) is 83.7 Å². The molecule has 0 radical (unpaired) electrons. The van der Waals surface area contributed by atoms with Gasteiger partial charge >= 0.3 is 5.97 Å². The number of nitrogens with zero attached hydrogens (tertiary/aromatic N) is 2. The lowest BCUT2D eigenvalue weighted by Gasteiger charge is -2.33. The van der Waals surface area contributed by atoms with Crippen LogP contribution in [-0.2, 0) is 4.79 Å². The molecule has 1 heterocycles. The number of carboxylic acid groups (broad SMARTS) is 1. The number of nitro groups is 1. The van der Waals surface area contributed by atoms with Gasteiger partial charge in [-0.15, -0.1) is 0 Å². The lowest BCUT2D eigenvalue weighted by atomic mass is 9.94. The molecule has 0 saturated carbocycles. The molecule has 6 nitrogen and oxygen atoms in total. The second-order valence-electron chi connectivity index (χ2n) is 5.06. The number of hydrogen-bond donors (Lipinski definition) is 1. The van der Waals surface area contributed by atoms with Crippen molar-refractivity contribution < 1.29 is 19.2 Å². The normalized spacial score (nSPS) is 18.6. The van der Waals surface area contributed by atoms with Crippen molar-refractivity contribution in [3.63, 3.8) is 0 Å². The summed E-state index contributed by atoms with van der Waals surface area (Å²) in [5.41, 5.74) is 0.0878. The average molecular weight is 408 g/mol. The fourth-order valence-electron chi connectivity index (χ4n) is 2.62. The van der Waals surface area contributed by atoms with E-state index in [0.717, 1.165) is 12.8 Å². The van der Waals surface area contributed by atoms with Crippen LogP contribution in [0.15, 0.2) is 12.1 Å². The summed E-state index contributed by atoms with van der Waals surface area (Å²) in [6.45, 7) is 0.962. The van der Waals surface area contributed by atoms with Crippen molar-refractivity contribution in [1.82, 2.24) is 0 Å². The Morgan fingerprint density at radius 2 is 2.29 bits per heavy atom. The zero-order valence-electron chi connectivity index (χ0n) is 11.1. The van der Waals surface area contributed by atoms with E-state index in [4.69, 9.17) is 5.11 Å². The summed E-state index contributed by atoms with van der Waals surface area (Å²) in [4.78, 5) is 23.1. The zero-order chi connectivity index (χ0) is 15.6. The molecule has 2 rings (SSSR count). The molecule has 1 fully saturated rings. The van der Waals surface area contributed by atoms with Gasteiger partial charge in [0.25, 0.3) is 5.69 Å². The molecular formula is C13H14FIN2O4. The summed E-state index contributed by atoms with van der Waals surface area (Å²) in [7, 11) is 0. The molecule has 1 aliphatic rings. The maximum absolute atomic E-state index is 13.7. The van der Waals surface area contributed by atoms with Crippen LogP contribution in [-0.4, -0.2) is 29.1 Å². The highest BCUT2D eigenvalue weighted by Crippen LogP contribution is 2.34. The third-order valence-electron chi connectivity index (χ3n) is 3.54. The number of nitro benzene ring substituents is 1. The van der Waals surface area contributed by atoms with Crippen molar-refractivity contribution >= 4 is 39.9 Å². The Kier molecular flexibility index (Phi) is 4.96. The van der Waals surface area contributed by atoms with E-state index in [1.165, 1.54) is 12.1 Å². The van der Waals surface area contributed by atoms with Crippen molar-refractivity contribution in [3.05, 3.63) is 31.6 Å². The molecule has 0 aliphatic carbocycles. The molecule has 1 aromatic carbocycles. The number of halogens is 2. The highest BCUT2D eigenvalue weighted by Gasteiger charge is 2.28. The smallest absolute Gasteiger partial charge is 0.303 e. The fourth-order valence-corrected chi connectivity index (χ4v) is 3.07. The lowest BCUT2D eigenvalue weighted by molar-refractivity contribution is -0.384. The number of carbonyl (C=O) groups is 1. The molecule has 0 spiro atoms. The first-order chi connectivity index (χ1) is 9.88. The molecule has 1 atom stereocenters. The van der Waals surface area contributed by atoms with Crippen molar-refractivity contribution in [2.45, 2.75) is 19.3 Å². The molecule has 114 valence electrons. The molecule has 1 aliphatic heterocycles. The van der Waals surface area contributed by atoms with Crippen LogP contribution in [0.4, 0.5) is 15.8 Å². The molecule has 8 heteroatoms. The SMILES string of the molecule is O=C(O)CC1CCCN(c2cc(F)c(I)cc2[N+](=O)[O-])C1. The first-order valence-corrected chi connectivity index (χ1v) is 7.56. The minimum Gasteiger partial charge on any atom is -0.481 e. The largest absolute Gasteiger partial charge is 0.481 e. The molecule has 1 N–H and O–H groups in total. The Hall–Kier alpha value is -1.45. The summed E-state index contributed by atoms with van der Waals surface area (Å²) >= 11 is 1.72. The third-order valence-corrected chi connectivity index (χ3v) is 4.36. The number of aliphatic carboxylic acids is 1. The van der Waals surface area contributed by atoms with Crippen LogP contribution < -0.4 is 4.90 Å². The molecule has 0 amide bonds. The Morgan fingerprint density at radius 3 is 2.90 bits per heavy atom. The highest BCUT2D eigenvalue weighted by molar-refractivity contribution is 14.1. The first-order valence-electron chi connectivity index (χ1n) is 6.48. The summed E-state index contributed by atoms with van der Waals surface area (Å²) in [6, 6.07) is 2.38. The number of carboxylic acids is 1. The Bertz CT molecular complexity index is 582. The van der Waals surface area contributed by atoms with Gasteiger partial charge < -0.3 is 10.0 Å². The van der Waals surface area contributed by atoms with E-state index in [-0.39, 0.29) is 27.3 Å². The maximum Gasteiger partial charge on any atom is 0.303 e. The predicted molar refractivity (Wildman–Crippen MR) is 83.0 cm³/mol. The van der Waals surface area contributed by atoms with E-state index >= 15 is 0 Å². The second kappa shape index (κ2) is 6.54. The lowest BCUT2D eigenvalue weighted by Crippen LogP contribution is -2.36. The minimum atomic E-state index is -0.884. The van der Waals surface area contributed by atoms with Gasteiger partial charge in [0.1, 0.15) is 11.5 Å².